The van der Waals surface area contributed by atoms with E-state index < -0.39 is 0 Å². The molecule has 0 fully saturated rings. The number of nitrogen functional groups attached to an aromatic ring is 1. The number of nitrogens with zero attached hydrogens (tertiary/aromatic N) is 1. The van der Waals surface area contributed by atoms with Crippen LogP contribution in [0.5, 0.6) is 5.75 Å². The first kappa shape index (κ1) is 11.9. The van der Waals surface area contributed by atoms with E-state index in [4.69, 9.17) is 10.5 Å². The predicted octanol–water partition coefficient (Wildman–Crippen LogP) is 3.06. The van der Waals surface area contributed by atoms with Crippen LogP contribution in [0, 0.1) is 0 Å². The summed E-state index contributed by atoms with van der Waals surface area (Å²) in [6.07, 6.45) is 0.179. The minimum atomic E-state index is 0.179. The molecule has 0 bridgehead atoms. The van der Waals surface area contributed by atoms with Crippen molar-refractivity contribution in [2.75, 3.05) is 17.2 Å². The lowest BCUT2D eigenvalue weighted by Crippen LogP contribution is -2.38. The van der Waals surface area contributed by atoms with Gasteiger partial charge in [0.05, 0.1) is 12.2 Å². The van der Waals surface area contributed by atoms with Crippen molar-refractivity contribution in [2.45, 2.75) is 19.6 Å². The maximum absolute atomic E-state index is 6.11. The standard InChI is InChI=1S/C16H18N2O/c1-12-10-18(11-13-6-3-2-4-7-13)16-14(17)8-5-9-15(16)19-12/h2-9,12H,10-11,17H2,1H3. The predicted molar refractivity (Wildman–Crippen MR) is 78.4 cm³/mol. The van der Waals surface area contributed by atoms with Gasteiger partial charge in [0.15, 0.2) is 0 Å². The van der Waals surface area contributed by atoms with Crippen LogP contribution in [-0.4, -0.2) is 12.6 Å². The molecule has 0 aromatic heterocycles. The van der Waals surface area contributed by atoms with E-state index in [0.29, 0.717) is 0 Å². The normalized spacial score (nSPS) is 17.7. The minimum absolute atomic E-state index is 0.179. The smallest absolute Gasteiger partial charge is 0.145 e. The van der Waals surface area contributed by atoms with Crippen LogP contribution in [0.4, 0.5) is 11.4 Å². The van der Waals surface area contributed by atoms with Crippen molar-refractivity contribution in [3.05, 3.63) is 54.1 Å². The Bertz CT molecular complexity index is 568. The Hall–Kier alpha value is -2.16. The molecule has 1 atom stereocenters. The first-order valence-electron chi connectivity index (χ1n) is 6.58. The molecule has 0 aliphatic carbocycles. The first-order chi connectivity index (χ1) is 9.24. The Kier molecular flexibility index (Phi) is 3.03. The molecule has 3 nitrogen and oxygen atoms in total. The van der Waals surface area contributed by atoms with E-state index >= 15 is 0 Å². The number of nitrogens with two attached hydrogens (primary N) is 1. The van der Waals surface area contributed by atoms with Gasteiger partial charge in [-0.2, -0.15) is 0 Å². The summed E-state index contributed by atoms with van der Waals surface area (Å²) in [7, 11) is 0. The summed E-state index contributed by atoms with van der Waals surface area (Å²) in [6.45, 7) is 3.80. The van der Waals surface area contributed by atoms with Gasteiger partial charge in [-0.15, -0.1) is 0 Å². The van der Waals surface area contributed by atoms with E-state index in [2.05, 4.69) is 36.1 Å². The molecule has 2 N–H and O–H groups in total. The molecule has 1 aliphatic rings. The number of fused-ring (bicyclic) bond motifs is 1. The summed E-state index contributed by atoms with van der Waals surface area (Å²) < 4.78 is 5.86. The van der Waals surface area contributed by atoms with E-state index in [0.717, 1.165) is 30.2 Å². The Morgan fingerprint density at radius 1 is 1.16 bits per heavy atom. The van der Waals surface area contributed by atoms with Crippen LogP contribution >= 0.6 is 0 Å². The number of anilines is 2. The van der Waals surface area contributed by atoms with Crippen molar-refractivity contribution in [3.63, 3.8) is 0 Å². The van der Waals surface area contributed by atoms with Crippen LogP contribution in [0.15, 0.2) is 48.5 Å². The molecule has 98 valence electrons. The summed E-state index contributed by atoms with van der Waals surface area (Å²) in [6, 6.07) is 16.3. The molecule has 0 saturated heterocycles. The molecule has 3 heteroatoms. The Balaban J connectivity index is 1.95. The molecule has 0 spiro atoms. The molecule has 1 aliphatic heterocycles. The van der Waals surface area contributed by atoms with Gasteiger partial charge < -0.3 is 15.4 Å². The number of ether oxygens (including phenoxy) is 1. The van der Waals surface area contributed by atoms with Gasteiger partial charge in [-0.1, -0.05) is 36.4 Å². The minimum Gasteiger partial charge on any atom is -0.487 e. The molecule has 0 saturated carbocycles. The zero-order valence-electron chi connectivity index (χ0n) is 11.0. The third-order valence-electron chi connectivity index (χ3n) is 3.37. The lowest BCUT2D eigenvalue weighted by molar-refractivity contribution is 0.212. The van der Waals surface area contributed by atoms with Crippen LogP contribution < -0.4 is 15.4 Å². The van der Waals surface area contributed by atoms with E-state index in [1.54, 1.807) is 0 Å². The monoisotopic (exact) mass is 254 g/mol. The lowest BCUT2D eigenvalue weighted by Gasteiger charge is -2.35. The Morgan fingerprint density at radius 2 is 1.95 bits per heavy atom. The summed E-state index contributed by atoms with van der Waals surface area (Å²) in [5.74, 6) is 0.884. The average Bonchev–Trinajstić information content (AvgIpc) is 2.39. The highest BCUT2D eigenvalue weighted by Gasteiger charge is 2.24. The van der Waals surface area contributed by atoms with Gasteiger partial charge in [-0.3, -0.25) is 0 Å². The maximum Gasteiger partial charge on any atom is 0.145 e. The number of para-hydroxylation sites is 1. The van der Waals surface area contributed by atoms with Crippen molar-refractivity contribution in [1.29, 1.82) is 0 Å². The summed E-state index contributed by atoms with van der Waals surface area (Å²) >= 11 is 0. The molecule has 1 heterocycles. The van der Waals surface area contributed by atoms with Crippen LogP contribution in [0.25, 0.3) is 0 Å². The second-order valence-corrected chi connectivity index (χ2v) is 4.99. The number of hydrogen-bond donors (Lipinski definition) is 1. The van der Waals surface area contributed by atoms with Crippen LogP contribution in [0.2, 0.25) is 0 Å². The number of benzene rings is 2. The van der Waals surface area contributed by atoms with Crippen molar-refractivity contribution in [1.82, 2.24) is 0 Å². The zero-order valence-corrected chi connectivity index (χ0v) is 11.0. The molecule has 1 unspecified atom stereocenters. The van der Waals surface area contributed by atoms with E-state index in [1.165, 1.54) is 5.56 Å². The van der Waals surface area contributed by atoms with Gasteiger partial charge in [0.1, 0.15) is 17.5 Å². The Labute approximate surface area is 113 Å². The highest BCUT2D eigenvalue weighted by atomic mass is 16.5. The van der Waals surface area contributed by atoms with E-state index in [9.17, 15) is 0 Å². The quantitative estimate of drug-likeness (QED) is 0.837. The maximum atomic E-state index is 6.11. The van der Waals surface area contributed by atoms with Gasteiger partial charge in [-0.25, -0.2) is 0 Å². The SMILES string of the molecule is CC1CN(Cc2ccccc2)c2c(N)cccc2O1. The zero-order chi connectivity index (χ0) is 13.2. The third-order valence-corrected chi connectivity index (χ3v) is 3.37. The lowest BCUT2D eigenvalue weighted by atomic mass is 10.1. The third kappa shape index (κ3) is 2.36. The highest BCUT2D eigenvalue weighted by Crippen LogP contribution is 2.38. The topological polar surface area (TPSA) is 38.5 Å². The molecule has 0 amide bonds. The van der Waals surface area contributed by atoms with E-state index in [-0.39, 0.29) is 6.10 Å². The van der Waals surface area contributed by atoms with Gasteiger partial charge >= 0.3 is 0 Å². The molecule has 2 aromatic rings. The second kappa shape index (κ2) is 4.84. The molecule has 19 heavy (non-hydrogen) atoms. The summed E-state index contributed by atoms with van der Waals surface area (Å²) in [4.78, 5) is 2.30. The van der Waals surface area contributed by atoms with Gasteiger partial charge in [-0.05, 0) is 24.6 Å². The van der Waals surface area contributed by atoms with Crippen molar-refractivity contribution >= 4 is 11.4 Å². The summed E-state index contributed by atoms with van der Waals surface area (Å²) in [5, 5.41) is 0. The van der Waals surface area contributed by atoms with E-state index in [1.807, 2.05) is 24.3 Å². The fourth-order valence-corrected chi connectivity index (χ4v) is 2.58. The largest absolute Gasteiger partial charge is 0.487 e. The first-order valence-corrected chi connectivity index (χ1v) is 6.58. The highest BCUT2D eigenvalue weighted by molar-refractivity contribution is 5.75. The van der Waals surface area contributed by atoms with Crippen molar-refractivity contribution in [3.8, 4) is 5.75 Å². The fraction of sp³-hybridized carbons (Fsp3) is 0.250. The molecule has 3 rings (SSSR count). The van der Waals surface area contributed by atoms with Crippen LogP contribution in [0.1, 0.15) is 12.5 Å². The summed E-state index contributed by atoms with van der Waals surface area (Å²) in [5.41, 5.74) is 9.19. The van der Waals surface area contributed by atoms with Crippen LogP contribution in [-0.2, 0) is 6.54 Å². The Morgan fingerprint density at radius 3 is 2.74 bits per heavy atom. The molecular weight excluding hydrogens is 236 g/mol. The van der Waals surface area contributed by atoms with Gasteiger partial charge in [0, 0.05) is 6.54 Å². The number of rotatable bonds is 2. The fourth-order valence-electron chi connectivity index (χ4n) is 2.58. The van der Waals surface area contributed by atoms with Crippen LogP contribution in [0.3, 0.4) is 0 Å². The van der Waals surface area contributed by atoms with Crippen molar-refractivity contribution < 1.29 is 4.74 Å². The average molecular weight is 254 g/mol. The molecule has 0 radical (unpaired) electrons. The number of hydrogen-bond acceptors (Lipinski definition) is 3. The van der Waals surface area contributed by atoms with Gasteiger partial charge in [0.25, 0.3) is 0 Å². The van der Waals surface area contributed by atoms with Gasteiger partial charge in [0.2, 0.25) is 0 Å². The molecular formula is C16H18N2O. The second-order valence-electron chi connectivity index (χ2n) is 4.99. The van der Waals surface area contributed by atoms with Crippen molar-refractivity contribution in [2.24, 2.45) is 0 Å². The molecule has 2 aromatic carbocycles.